The van der Waals surface area contributed by atoms with Crippen LogP contribution in [0.3, 0.4) is 0 Å². The van der Waals surface area contributed by atoms with Crippen LogP contribution in [0.4, 0.5) is 10.7 Å². The molecule has 3 heterocycles. The maximum atomic E-state index is 12.0. The van der Waals surface area contributed by atoms with E-state index in [0.29, 0.717) is 37.2 Å². The number of amides is 2. The maximum absolute atomic E-state index is 12.0. The van der Waals surface area contributed by atoms with Gasteiger partial charge in [-0.05, 0) is 25.8 Å². The van der Waals surface area contributed by atoms with Crippen molar-refractivity contribution in [3.8, 4) is 0 Å². The van der Waals surface area contributed by atoms with Gasteiger partial charge in [0.2, 0.25) is 11.8 Å². The fraction of sp³-hybridized carbons (Fsp3) is 0.533. The molecule has 1 unspecified atom stereocenters. The Labute approximate surface area is 139 Å². The van der Waals surface area contributed by atoms with Crippen molar-refractivity contribution < 1.29 is 9.32 Å². The van der Waals surface area contributed by atoms with Crippen LogP contribution in [0.2, 0.25) is 0 Å². The zero-order valence-corrected chi connectivity index (χ0v) is 13.6. The average molecular weight is 331 g/mol. The van der Waals surface area contributed by atoms with Gasteiger partial charge in [-0.3, -0.25) is 0 Å². The third kappa shape index (κ3) is 4.40. The molecule has 3 rings (SSSR count). The molecule has 0 bridgehead atoms. The molecule has 1 fully saturated rings. The summed E-state index contributed by atoms with van der Waals surface area (Å²) in [5, 5.41) is 9.52. The van der Waals surface area contributed by atoms with Gasteiger partial charge in [0.25, 0.3) is 0 Å². The van der Waals surface area contributed by atoms with Crippen LogP contribution >= 0.6 is 0 Å². The Morgan fingerprint density at radius 1 is 1.42 bits per heavy atom. The first-order valence-corrected chi connectivity index (χ1v) is 8.06. The summed E-state index contributed by atoms with van der Waals surface area (Å²) in [5.74, 6) is 1.83. The van der Waals surface area contributed by atoms with Gasteiger partial charge < -0.3 is 20.1 Å². The van der Waals surface area contributed by atoms with E-state index in [1.807, 2.05) is 0 Å². The highest BCUT2D eigenvalue weighted by molar-refractivity contribution is 5.74. The molecule has 9 nitrogen and oxygen atoms in total. The number of hydrogen-bond acceptors (Lipinski definition) is 7. The fourth-order valence-corrected chi connectivity index (χ4v) is 2.69. The van der Waals surface area contributed by atoms with E-state index >= 15 is 0 Å². The lowest BCUT2D eigenvalue weighted by Gasteiger charge is -2.33. The Hall–Kier alpha value is -2.71. The van der Waals surface area contributed by atoms with Gasteiger partial charge in [0, 0.05) is 44.5 Å². The van der Waals surface area contributed by atoms with Crippen LogP contribution in [0.25, 0.3) is 0 Å². The van der Waals surface area contributed by atoms with Gasteiger partial charge in [-0.25, -0.2) is 14.8 Å². The van der Waals surface area contributed by atoms with Gasteiger partial charge in [-0.1, -0.05) is 5.16 Å². The van der Waals surface area contributed by atoms with Gasteiger partial charge >= 0.3 is 6.03 Å². The van der Waals surface area contributed by atoms with Crippen LogP contribution < -0.4 is 15.5 Å². The molecule has 128 valence electrons. The van der Waals surface area contributed by atoms with Crippen molar-refractivity contribution in [2.75, 3.05) is 24.5 Å². The summed E-state index contributed by atoms with van der Waals surface area (Å²) < 4.78 is 5.01. The van der Waals surface area contributed by atoms with Gasteiger partial charge in [-0.2, -0.15) is 4.98 Å². The summed E-state index contributed by atoms with van der Waals surface area (Å²) in [6.07, 6.45) is 5.91. The SMILES string of the molecule is Cc1noc(CCNC(=O)NC2CCCN(c3ncccn3)C2)n1. The molecule has 0 radical (unpaired) electrons. The van der Waals surface area contributed by atoms with Crippen molar-refractivity contribution in [1.29, 1.82) is 0 Å². The highest BCUT2D eigenvalue weighted by atomic mass is 16.5. The van der Waals surface area contributed by atoms with Crippen molar-refractivity contribution in [3.63, 3.8) is 0 Å². The van der Waals surface area contributed by atoms with Crippen molar-refractivity contribution in [3.05, 3.63) is 30.2 Å². The third-order valence-electron chi connectivity index (χ3n) is 3.79. The predicted molar refractivity (Wildman–Crippen MR) is 86.5 cm³/mol. The molecule has 1 aliphatic heterocycles. The number of hydrogen-bond donors (Lipinski definition) is 2. The lowest BCUT2D eigenvalue weighted by atomic mass is 10.1. The van der Waals surface area contributed by atoms with Gasteiger partial charge in [-0.15, -0.1) is 0 Å². The normalized spacial score (nSPS) is 17.5. The van der Waals surface area contributed by atoms with E-state index in [-0.39, 0.29) is 12.1 Å². The first kappa shape index (κ1) is 16.2. The molecule has 0 saturated carbocycles. The first-order chi connectivity index (χ1) is 11.7. The number of anilines is 1. The Balaban J connectivity index is 1.42. The van der Waals surface area contributed by atoms with Crippen molar-refractivity contribution in [2.24, 2.45) is 0 Å². The minimum absolute atomic E-state index is 0.0770. The topological polar surface area (TPSA) is 109 Å². The average Bonchev–Trinajstić information content (AvgIpc) is 3.01. The summed E-state index contributed by atoms with van der Waals surface area (Å²) in [6.45, 7) is 3.82. The fourth-order valence-electron chi connectivity index (χ4n) is 2.69. The minimum atomic E-state index is -0.188. The molecule has 2 aromatic heterocycles. The Morgan fingerprint density at radius 2 is 2.25 bits per heavy atom. The smallest absolute Gasteiger partial charge is 0.315 e. The second-order valence-corrected chi connectivity index (χ2v) is 5.72. The molecule has 0 spiro atoms. The molecular weight excluding hydrogens is 310 g/mol. The lowest BCUT2D eigenvalue weighted by molar-refractivity contribution is 0.234. The van der Waals surface area contributed by atoms with E-state index in [0.717, 1.165) is 19.4 Å². The van der Waals surface area contributed by atoms with E-state index in [1.165, 1.54) is 0 Å². The highest BCUT2D eigenvalue weighted by Gasteiger charge is 2.22. The number of aryl methyl sites for hydroxylation is 1. The van der Waals surface area contributed by atoms with Crippen LogP contribution in [0.1, 0.15) is 24.6 Å². The predicted octanol–water partition coefficient (Wildman–Crippen LogP) is 0.679. The summed E-state index contributed by atoms with van der Waals surface area (Å²) >= 11 is 0. The summed E-state index contributed by atoms with van der Waals surface area (Å²) in [7, 11) is 0. The van der Waals surface area contributed by atoms with Crippen molar-refractivity contribution in [2.45, 2.75) is 32.2 Å². The number of rotatable bonds is 5. The number of carbonyl (C=O) groups is 1. The molecule has 0 aliphatic carbocycles. The number of nitrogens with one attached hydrogen (secondary N) is 2. The number of nitrogens with zero attached hydrogens (tertiary/aromatic N) is 5. The van der Waals surface area contributed by atoms with Crippen LogP contribution in [0, 0.1) is 6.92 Å². The second-order valence-electron chi connectivity index (χ2n) is 5.72. The highest BCUT2D eigenvalue weighted by Crippen LogP contribution is 2.15. The van der Waals surface area contributed by atoms with Crippen LogP contribution in [-0.4, -0.2) is 51.8 Å². The summed E-state index contributed by atoms with van der Waals surface area (Å²) in [4.78, 5) is 26.7. The standard InChI is InChI=1S/C15H21N7O2/c1-11-19-13(24-21-11)5-8-18-15(23)20-12-4-2-9-22(10-12)14-16-6-3-7-17-14/h3,6-7,12H,2,4-5,8-10H2,1H3,(H2,18,20,23). The molecule has 2 amide bonds. The molecule has 2 aromatic rings. The third-order valence-corrected chi connectivity index (χ3v) is 3.79. The molecule has 9 heteroatoms. The van der Waals surface area contributed by atoms with E-state index in [9.17, 15) is 4.79 Å². The zero-order chi connectivity index (χ0) is 16.8. The molecule has 24 heavy (non-hydrogen) atoms. The zero-order valence-electron chi connectivity index (χ0n) is 13.6. The van der Waals surface area contributed by atoms with Gasteiger partial charge in [0.15, 0.2) is 5.82 Å². The van der Waals surface area contributed by atoms with Crippen LogP contribution in [0.15, 0.2) is 23.0 Å². The van der Waals surface area contributed by atoms with Crippen LogP contribution in [0.5, 0.6) is 0 Å². The van der Waals surface area contributed by atoms with E-state index in [1.54, 1.807) is 25.4 Å². The molecule has 2 N–H and O–H groups in total. The van der Waals surface area contributed by atoms with Crippen molar-refractivity contribution >= 4 is 12.0 Å². The largest absolute Gasteiger partial charge is 0.339 e. The molecule has 1 atom stereocenters. The quantitative estimate of drug-likeness (QED) is 0.829. The number of carbonyl (C=O) groups excluding carboxylic acids is 1. The summed E-state index contributed by atoms with van der Waals surface area (Å²) in [6, 6.07) is 1.68. The second kappa shape index (κ2) is 7.71. The van der Waals surface area contributed by atoms with Crippen molar-refractivity contribution in [1.82, 2.24) is 30.7 Å². The number of aromatic nitrogens is 4. The Morgan fingerprint density at radius 3 is 3.00 bits per heavy atom. The van der Waals surface area contributed by atoms with E-state index < -0.39 is 0 Å². The van der Waals surface area contributed by atoms with Gasteiger partial charge in [0.05, 0.1) is 0 Å². The van der Waals surface area contributed by atoms with E-state index in [4.69, 9.17) is 4.52 Å². The number of urea groups is 1. The van der Waals surface area contributed by atoms with Gasteiger partial charge in [0.1, 0.15) is 0 Å². The Kier molecular flexibility index (Phi) is 5.19. The number of piperidine rings is 1. The summed E-state index contributed by atoms with van der Waals surface area (Å²) in [5.41, 5.74) is 0. The molecule has 1 aliphatic rings. The monoisotopic (exact) mass is 331 g/mol. The molecule has 1 saturated heterocycles. The maximum Gasteiger partial charge on any atom is 0.315 e. The van der Waals surface area contributed by atoms with Crippen LogP contribution in [-0.2, 0) is 6.42 Å². The molecular formula is C15H21N7O2. The first-order valence-electron chi connectivity index (χ1n) is 8.06. The molecule has 0 aromatic carbocycles. The van der Waals surface area contributed by atoms with E-state index in [2.05, 4.69) is 35.6 Å². The Bertz CT molecular complexity index is 661. The minimum Gasteiger partial charge on any atom is -0.339 e. The lowest BCUT2D eigenvalue weighted by Crippen LogP contribution is -2.51.